The smallest absolute Gasteiger partial charge is 0.151 e. The van der Waals surface area contributed by atoms with Gasteiger partial charge in [-0.25, -0.2) is 0 Å². The lowest BCUT2D eigenvalue weighted by molar-refractivity contribution is -0.120. The molecule has 120 valence electrons. The van der Waals surface area contributed by atoms with Gasteiger partial charge in [-0.15, -0.1) is 45.9 Å². The molecule has 0 aliphatic rings. The number of carbonyl (C=O) groups is 1. The first-order chi connectivity index (χ1) is 10.4. The number of thiophene rings is 2. The quantitative estimate of drug-likeness (QED) is 0.297. The van der Waals surface area contributed by atoms with Crippen molar-refractivity contribution in [1.82, 2.24) is 0 Å². The zero-order chi connectivity index (χ0) is 16.4. The Kier molecular flexibility index (Phi) is 7.94. The highest BCUT2D eigenvalue weighted by Crippen LogP contribution is 2.41. The van der Waals surface area contributed by atoms with Crippen LogP contribution in [0.5, 0.6) is 0 Å². The molecule has 0 aliphatic carbocycles. The van der Waals surface area contributed by atoms with Gasteiger partial charge in [0.1, 0.15) is 0 Å². The van der Waals surface area contributed by atoms with Crippen LogP contribution in [-0.4, -0.2) is 17.5 Å². The van der Waals surface area contributed by atoms with Crippen molar-refractivity contribution < 1.29 is 4.79 Å². The molecule has 0 aliphatic heterocycles. The average Bonchev–Trinajstić information content (AvgIpc) is 2.95. The van der Waals surface area contributed by atoms with Crippen molar-refractivity contribution in [2.24, 2.45) is 0 Å². The standard InChI is InChI=1S/C13H8Br4Cl2OS2/c14-7-1-9(21-12(7)16)5(3-18)11(20)6(4-19)10-2-8(15)13(17)22-10/h1-2,5-6H,3-4H2. The molecular formula is C13H8Br4Cl2OS2. The van der Waals surface area contributed by atoms with Crippen molar-refractivity contribution in [3.63, 3.8) is 0 Å². The molecule has 2 rings (SSSR count). The molecule has 0 saturated carbocycles. The minimum absolute atomic E-state index is 0.0486. The molecular weight excluding hydrogens is 627 g/mol. The lowest BCUT2D eigenvalue weighted by Crippen LogP contribution is -2.22. The number of hydrogen-bond acceptors (Lipinski definition) is 3. The second-order valence-corrected chi connectivity index (χ2v) is 11.5. The first-order valence-electron chi connectivity index (χ1n) is 5.94. The van der Waals surface area contributed by atoms with Crippen LogP contribution in [0.15, 0.2) is 28.7 Å². The Balaban J connectivity index is 2.33. The topological polar surface area (TPSA) is 17.1 Å². The van der Waals surface area contributed by atoms with E-state index in [0.29, 0.717) is 0 Å². The summed E-state index contributed by atoms with van der Waals surface area (Å²) in [5.74, 6) is -0.207. The van der Waals surface area contributed by atoms with E-state index in [4.69, 9.17) is 23.2 Å². The van der Waals surface area contributed by atoms with Gasteiger partial charge in [-0.05, 0) is 75.9 Å². The highest BCUT2D eigenvalue weighted by atomic mass is 79.9. The molecule has 0 spiro atoms. The van der Waals surface area contributed by atoms with Gasteiger partial charge in [0.05, 0.1) is 19.4 Å². The van der Waals surface area contributed by atoms with Gasteiger partial charge in [0, 0.05) is 30.5 Å². The third-order valence-electron chi connectivity index (χ3n) is 3.01. The Bertz CT molecular complexity index is 590. The van der Waals surface area contributed by atoms with E-state index in [1.54, 1.807) is 0 Å². The van der Waals surface area contributed by atoms with E-state index in [0.717, 1.165) is 26.3 Å². The van der Waals surface area contributed by atoms with Crippen molar-refractivity contribution in [3.05, 3.63) is 38.4 Å². The monoisotopic (exact) mass is 630 g/mol. The van der Waals surface area contributed by atoms with E-state index in [2.05, 4.69) is 63.7 Å². The predicted molar refractivity (Wildman–Crippen MR) is 111 cm³/mol. The van der Waals surface area contributed by atoms with E-state index < -0.39 is 0 Å². The van der Waals surface area contributed by atoms with Crippen LogP contribution in [0.4, 0.5) is 0 Å². The summed E-state index contributed by atoms with van der Waals surface area (Å²) in [5, 5.41) is 0. The SMILES string of the molecule is O=C(C(CCl)c1cc(Br)c(Br)s1)C(CCl)c1cc(Br)c(Br)s1. The molecule has 22 heavy (non-hydrogen) atoms. The maximum atomic E-state index is 12.9. The van der Waals surface area contributed by atoms with Crippen molar-refractivity contribution in [2.45, 2.75) is 11.8 Å². The molecule has 2 heterocycles. The third-order valence-corrected chi connectivity index (χ3v) is 10.4. The average molecular weight is 635 g/mol. The molecule has 0 radical (unpaired) electrons. The second kappa shape index (κ2) is 8.79. The van der Waals surface area contributed by atoms with Crippen molar-refractivity contribution in [3.8, 4) is 0 Å². The van der Waals surface area contributed by atoms with Crippen LogP contribution in [0, 0.1) is 0 Å². The summed E-state index contributed by atoms with van der Waals surface area (Å²) in [5.41, 5.74) is 0. The summed E-state index contributed by atoms with van der Waals surface area (Å²) < 4.78 is 3.77. The molecule has 2 unspecified atom stereocenters. The van der Waals surface area contributed by atoms with E-state index in [9.17, 15) is 4.79 Å². The molecule has 2 atom stereocenters. The van der Waals surface area contributed by atoms with Gasteiger partial charge in [-0.1, -0.05) is 0 Å². The predicted octanol–water partition coefficient (Wildman–Crippen LogP) is 7.77. The summed E-state index contributed by atoms with van der Waals surface area (Å²) in [6, 6.07) is 3.87. The van der Waals surface area contributed by atoms with Gasteiger partial charge in [-0.3, -0.25) is 4.79 Å². The van der Waals surface area contributed by atoms with Crippen LogP contribution in [0.2, 0.25) is 0 Å². The van der Waals surface area contributed by atoms with Gasteiger partial charge in [0.2, 0.25) is 0 Å². The van der Waals surface area contributed by atoms with Crippen LogP contribution in [0.25, 0.3) is 0 Å². The minimum atomic E-state index is -0.363. The van der Waals surface area contributed by atoms with Gasteiger partial charge in [0.25, 0.3) is 0 Å². The largest absolute Gasteiger partial charge is 0.298 e. The number of carbonyl (C=O) groups excluding carboxylic acids is 1. The molecule has 0 fully saturated rings. The van der Waals surface area contributed by atoms with Gasteiger partial charge in [-0.2, -0.15) is 0 Å². The number of alkyl halides is 2. The number of halogens is 6. The Morgan fingerprint density at radius 1 is 0.909 bits per heavy atom. The normalized spacial score (nSPS) is 14.1. The van der Waals surface area contributed by atoms with Gasteiger partial charge in [0.15, 0.2) is 5.78 Å². The van der Waals surface area contributed by atoms with Gasteiger partial charge >= 0.3 is 0 Å². The molecule has 0 amide bonds. The van der Waals surface area contributed by atoms with Crippen molar-refractivity contribution >= 4 is 115 Å². The van der Waals surface area contributed by atoms with E-state index in [1.165, 1.54) is 22.7 Å². The molecule has 1 nitrogen and oxygen atoms in total. The third kappa shape index (κ3) is 4.40. The highest BCUT2D eigenvalue weighted by Gasteiger charge is 2.31. The molecule has 0 bridgehead atoms. The first-order valence-corrected chi connectivity index (χ1v) is 11.8. The lowest BCUT2D eigenvalue weighted by Gasteiger charge is -2.17. The Labute approximate surface area is 180 Å². The first kappa shape index (κ1) is 19.9. The summed E-state index contributed by atoms with van der Waals surface area (Å²) in [7, 11) is 0. The maximum Gasteiger partial charge on any atom is 0.151 e. The number of ketones is 1. The second-order valence-electron chi connectivity index (χ2n) is 4.36. The van der Waals surface area contributed by atoms with Crippen LogP contribution in [-0.2, 0) is 4.79 Å². The van der Waals surface area contributed by atoms with E-state index in [-0.39, 0.29) is 29.4 Å². The molecule has 2 aromatic rings. The summed E-state index contributed by atoms with van der Waals surface area (Å²) in [6.07, 6.45) is 0. The fraction of sp³-hybridized carbons (Fsp3) is 0.308. The molecule has 0 saturated heterocycles. The van der Waals surface area contributed by atoms with Crippen molar-refractivity contribution in [2.75, 3.05) is 11.8 Å². The fourth-order valence-electron chi connectivity index (χ4n) is 1.90. The molecule has 0 N–H and O–H groups in total. The van der Waals surface area contributed by atoms with Gasteiger partial charge < -0.3 is 0 Å². The minimum Gasteiger partial charge on any atom is -0.298 e. The van der Waals surface area contributed by atoms with Crippen LogP contribution in [0.1, 0.15) is 21.6 Å². The lowest BCUT2D eigenvalue weighted by atomic mass is 9.93. The number of hydrogen-bond donors (Lipinski definition) is 0. The number of Topliss-reactive ketones (excluding diaryl/α,β-unsaturated/α-hetero) is 1. The number of rotatable bonds is 6. The molecule has 9 heteroatoms. The Morgan fingerprint density at radius 2 is 1.27 bits per heavy atom. The van der Waals surface area contributed by atoms with Crippen molar-refractivity contribution in [1.29, 1.82) is 0 Å². The Morgan fingerprint density at radius 3 is 1.50 bits per heavy atom. The fourth-order valence-corrected chi connectivity index (χ4v) is 7.11. The highest BCUT2D eigenvalue weighted by molar-refractivity contribution is 9.13. The summed E-state index contributed by atoms with van der Waals surface area (Å²) >= 11 is 29.0. The molecule has 0 aromatic carbocycles. The zero-order valence-corrected chi connectivity index (χ0v) is 20.2. The zero-order valence-electron chi connectivity index (χ0n) is 10.7. The Hall–Kier alpha value is 1.57. The summed E-state index contributed by atoms with van der Waals surface area (Å²) in [6.45, 7) is 0. The van der Waals surface area contributed by atoms with E-state index >= 15 is 0 Å². The molecule has 2 aromatic heterocycles. The van der Waals surface area contributed by atoms with Crippen LogP contribution >= 0.6 is 110 Å². The van der Waals surface area contributed by atoms with Crippen LogP contribution in [0.3, 0.4) is 0 Å². The maximum absolute atomic E-state index is 12.9. The summed E-state index contributed by atoms with van der Waals surface area (Å²) in [4.78, 5) is 14.8. The van der Waals surface area contributed by atoms with E-state index in [1.807, 2.05) is 12.1 Å². The van der Waals surface area contributed by atoms with Crippen LogP contribution < -0.4 is 0 Å².